The predicted molar refractivity (Wildman–Crippen MR) is 54.3 cm³/mol. The Bertz CT molecular complexity index is 495. The molecule has 0 unspecified atom stereocenters. The molecule has 1 aromatic carbocycles. The van der Waals surface area contributed by atoms with E-state index in [1.54, 1.807) is 25.1 Å². The predicted octanol–water partition coefficient (Wildman–Crippen LogP) is 3.34. The van der Waals surface area contributed by atoms with E-state index in [1.807, 2.05) is 0 Å². The molecule has 1 aromatic heterocycles. The molecule has 0 amide bonds. The number of halogens is 2. The van der Waals surface area contributed by atoms with Gasteiger partial charge in [0.1, 0.15) is 5.82 Å². The first kappa shape index (κ1) is 9.77. The fourth-order valence-corrected chi connectivity index (χ4v) is 1.48. The molecule has 0 radical (unpaired) electrons. The van der Waals surface area contributed by atoms with Crippen molar-refractivity contribution < 1.29 is 8.78 Å². The second-order valence-corrected chi connectivity index (χ2v) is 3.30. The Hall–Kier alpha value is -1.77. The van der Waals surface area contributed by atoms with Crippen LogP contribution < -0.4 is 0 Å². The van der Waals surface area contributed by atoms with Gasteiger partial charge in [0.15, 0.2) is 0 Å². The first-order valence-corrected chi connectivity index (χ1v) is 4.55. The molecule has 76 valence electrons. The van der Waals surface area contributed by atoms with Gasteiger partial charge in [-0.3, -0.25) is 0 Å². The SMILES string of the molecule is Cc1cc(F)ncc1-c1ccccc1F. The minimum Gasteiger partial charge on any atom is -0.228 e. The van der Waals surface area contributed by atoms with Crippen molar-refractivity contribution in [2.24, 2.45) is 0 Å². The third-order valence-electron chi connectivity index (χ3n) is 2.24. The molecule has 2 aromatic rings. The Labute approximate surface area is 86.4 Å². The van der Waals surface area contributed by atoms with Crippen LogP contribution in [0.2, 0.25) is 0 Å². The second-order valence-electron chi connectivity index (χ2n) is 3.30. The quantitative estimate of drug-likeness (QED) is 0.650. The maximum atomic E-state index is 13.4. The van der Waals surface area contributed by atoms with Crippen molar-refractivity contribution in [3.05, 3.63) is 53.9 Å². The summed E-state index contributed by atoms with van der Waals surface area (Å²) >= 11 is 0. The lowest BCUT2D eigenvalue weighted by molar-refractivity contribution is 0.582. The summed E-state index contributed by atoms with van der Waals surface area (Å²) in [6, 6.07) is 7.67. The van der Waals surface area contributed by atoms with Crippen molar-refractivity contribution in [1.29, 1.82) is 0 Å². The molecular formula is C12H9F2N. The molecule has 0 aliphatic rings. The standard InChI is InChI=1S/C12H9F2N/c1-8-6-12(14)15-7-10(8)9-4-2-3-5-11(9)13/h2-7H,1H3. The number of aryl methyl sites for hydroxylation is 1. The van der Waals surface area contributed by atoms with Crippen molar-refractivity contribution in [3.63, 3.8) is 0 Å². The smallest absolute Gasteiger partial charge is 0.213 e. The molecule has 2 rings (SSSR count). The van der Waals surface area contributed by atoms with Gasteiger partial charge in [-0.1, -0.05) is 18.2 Å². The molecule has 0 fully saturated rings. The van der Waals surface area contributed by atoms with Crippen LogP contribution in [0.1, 0.15) is 5.56 Å². The van der Waals surface area contributed by atoms with Crippen LogP contribution in [0.4, 0.5) is 8.78 Å². The Morgan fingerprint density at radius 2 is 1.80 bits per heavy atom. The monoisotopic (exact) mass is 205 g/mol. The summed E-state index contributed by atoms with van der Waals surface area (Å²) in [5, 5.41) is 0. The Morgan fingerprint density at radius 1 is 1.07 bits per heavy atom. The van der Waals surface area contributed by atoms with Crippen molar-refractivity contribution >= 4 is 0 Å². The fraction of sp³-hybridized carbons (Fsp3) is 0.0833. The highest BCUT2D eigenvalue weighted by atomic mass is 19.1. The summed E-state index contributed by atoms with van der Waals surface area (Å²) in [4.78, 5) is 3.52. The summed E-state index contributed by atoms with van der Waals surface area (Å²) in [6.45, 7) is 1.73. The van der Waals surface area contributed by atoms with Gasteiger partial charge in [0.25, 0.3) is 0 Å². The number of pyridine rings is 1. The molecule has 0 saturated heterocycles. The number of benzene rings is 1. The van der Waals surface area contributed by atoms with Gasteiger partial charge < -0.3 is 0 Å². The lowest BCUT2D eigenvalue weighted by Gasteiger charge is -2.06. The Balaban J connectivity index is 2.60. The fourth-order valence-electron chi connectivity index (χ4n) is 1.48. The van der Waals surface area contributed by atoms with E-state index in [4.69, 9.17) is 0 Å². The summed E-state index contributed by atoms with van der Waals surface area (Å²) in [5.74, 6) is -0.874. The maximum Gasteiger partial charge on any atom is 0.213 e. The third-order valence-corrected chi connectivity index (χ3v) is 2.24. The minimum absolute atomic E-state index is 0.325. The Kier molecular flexibility index (Phi) is 2.46. The molecule has 1 nitrogen and oxygen atoms in total. The molecule has 1 heterocycles. The summed E-state index contributed by atoms with van der Waals surface area (Å²) in [5.41, 5.74) is 1.74. The van der Waals surface area contributed by atoms with Gasteiger partial charge in [-0.15, -0.1) is 0 Å². The van der Waals surface area contributed by atoms with Gasteiger partial charge in [0, 0.05) is 17.3 Å². The topological polar surface area (TPSA) is 12.9 Å². The highest BCUT2D eigenvalue weighted by Crippen LogP contribution is 2.25. The highest BCUT2D eigenvalue weighted by molar-refractivity contribution is 5.66. The van der Waals surface area contributed by atoms with Crippen molar-refractivity contribution in [1.82, 2.24) is 4.98 Å². The minimum atomic E-state index is -0.549. The average molecular weight is 205 g/mol. The zero-order valence-corrected chi connectivity index (χ0v) is 8.17. The van der Waals surface area contributed by atoms with E-state index in [-0.39, 0.29) is 5.82 Å². The molecule has 0 N–H and O–H groups in total. The molecule has 0 atom stereocenters. The molecule has 0 saturated carbocycles. The first-order valence-electron chi connectivity index (χ1n) is 4.55. The molecule has 15 heavy (non-hydrogen) atoms. The van der Waals surface area contributed by atoms with Crippen LogP contribution in [0.5, 0.6) is 0 Å². The zero-order valence-electron chi connectivity index (χ0n) is 8.17. The van der Waals surface area contributed by atoms with E-state index < -0.39 is 5.95 Å². The van der Waals surface area contributed by atoms with Crippen molar-refractivity contribution in [3.8, 4) is 11.1 Å². The van der Waals surface area contributed by atoms with Gasteiger partial charge in [0.05, 0.1) is 0 Å². The molecule has 0 spiro atoms. The van der Waals surface area contributed by atoms with E-state index in [0.717, 1.165) is 0 Å². The largest absolute Gasteiger partial charge is 0.228 e. The van der Waals surface area contributed by atoms with Gasteiger partial charge in [-0.05, 0) is 24.6 Å². The zero-order chi connectivity index (χ0) is 10.8. The highest BCUT2D eigenvalue weighted by Gasteiger charge is 2.07. The number of rotatable bonds is 1. The van der Waals surface area contributed by atoms with Gasteiger partial charge in [-0.25, -0.2) is 9.37 Å². The van der Waals surface area contributed by atoms with E-state index in [0.29, 0.717) is 16.7 Å². The summed E-state index contributed by atoms with van der Waals surface area (Å²) in [6.07, 6.45) is 1.35. The van der Waals surface area contributed by atoms with E-state index >= 15 is 0 Å². The summed E-state index contributed by atoms with van der Waals surface area (Å²) in [7, 11) is 0. The van der Waals surface area contributed by atoms with E-state index in [9.17, 15) is 8.78 Å². The number of hydrogen-bond donors (Lipinski definition) is 0. The van der Waals surface area contributed by atoms with E-state index in [1.165, 1.54) is 18.3 Å². The molecule has 0 aliphatic carbocycles. The van der Waals surface area contributed by atoms with Crippen LogP contribution in [-0.4, -0.2) is 4.98 Å². The molecule has 3 heteroatoms. The third kappa shape index (κ3) is 1.86. The number of hydrogen-bond acceptors (Lipinski definition) is 1. The lowest BCUT2D eigenvalue weighted by Crippen LogP contribution is -1.91. The lowest BCUT2D eigenvalue weighted by atomic mass is 10.0. The summed E-state index contributed by atoms with van der Waals surface area (Å²) < 4.78 is 26.2. The molecular weight excluding hydrogens is 196 g/mol. The first-order chi connectivity index (χ1) is 7.18. The van der Waals surface area contributed by atoms with Gasteiger partial charge in [-0.2, -0.15) is 4.39 Å². The van der Waals surface area contributed by atoms with Crippen LogP contribution >= 0.6 is 0 Å². The number of aromatic nitrogens is 1. The second kappa shape index (κ2) is 3.77. The maximum absolute atomic E-state index is 13.4. The van der Waals surface area contributed by atoms with Crippen molar-refractivity contribution in [2.45, 2.75) is 6.92 Å². The van der Waals surface area contributed by atoms with Crippen LogP contribution in [0.15, 0.2) is 36.5 Å². The van der Waals surface area contributed by atoms with Crippen LogP contribution in [-0.2, 0) is 0 Å². The normalized spacial score (nSPS) is 10.3. The Morgan fingerprint density at radius 3 is 2.47 bits per heavy atom. The number of nitrogens with zero attached hydrogens (tertiary/aromatic N) is 1. The van der Waals surface area contributed by atoms with Crippen molar-refractivity contribution in [2.75, 3.05) is 0 Å². The molecule has 0 bridgehead atoms. The molecule has 0 aliphatic heterocycles. The van der Waals surface area contributed by atoms with E-state index in [2.05, 4.69) is 4.98 Å². The van der Waals surface area contributed by atoms with Crippen LogP contribution in [0.25, 0.3) is 11.1 Å². The van der Waals surface area contributed by atoms with Crippen LogP contribution in [0.3, 0.4) is 0 Å². The van der Waals surface area contributed by atoms with Gasteiger partial charge >= 0.3 is 0 Å². The van der Waals surface area contributed by atoms with Gasteiger partial charge in [0.2, 0.25) is 5.95 Å². The average Bonchev–Trinajstić information content (AvgIpc) is 2.20. The van der Waals surface area contributed by atoms with Crippen LogP contribution in [0, 0.1) is 18.7 Å².